The summed E-state index contributed by atoms with van der Waals surface area (Å²) in [6.45, 7) is 0. The van der Waals surface area contributed by atoms with Crippen LogP contribution < -0.4 is 0 Å². The molecule has 0 radical (unpaired) electrons. The zero-order chi connectivity index (χ0) is 7.68. The lowest BCUT2D eigenvalue weighted by Crippen LogP contribution is -1.76. The molecule has 1 aromatic heterocycles. The van der Waals surface area contributed by atoms with E-state index >= 15 is 0 Å². The zero-order valence-electron chi connectivity index (χ0n) is 6.28. The second-order valence-corrected chi connectivity index (χ2v) is 2.85. The fourth-order valence-electron chi connectivity index (χ4n) is 1.10. The molecule has 0 amide bonds. The molecule has 0 atom stereocenters. The highest BCUT2D eigenvalue weighted by Crippen LogP contribution is 2.09. The van der Waals surface area contributed by atoms with Crippen LogP contribution in [0.2, 0.25) is 0 Å². The van der Waals surface area contributed by atoms with Gasteiger partial charge in [-0.1, -0.05) is 30.4 Å². The lowest BCUT2D eigenvalue weighted by atomic mass is 10.2. The van der Waals surface area contributed by atoms with E-state index in [1.807, 2.05) is 30.3 Å². The number of H-pyrrole nitrogens is 1. The molecule has 1 heterocycles. The summed E-state index contributed by atoms with van der Waals surface area (Å²) in [5, 5.41) is 1.20. The Bertz CT molecular complexity index is 435. The number of aromatic amines is 1. The Hall–Kier alpha value is -0.860. The second kappa shape index (κ2) is 3.70. The standard InChI is InChI=1S/C9H7NS.ClH/c11-9-6-5-7-3-1-2-4-8(7)10-9;/h1-6H,(H,10,11);1H. The molecule has 1 aromatic carbocycles. The molecule has 62 valence electrons. The highest BCUT2D eigenvalue weighted by atomic mass is 35.5. The Kier molecular flexibility index (Phi) is 2.84. The molecule has 0 aliphatic heterocycles. The molecular formula is C9H8ClNS. The number of pyridine rings is 1. The first-order chi connectivity index (χ1) is 5.36. The van der Waals surface area contributed by atoms with E-state index in [4.69, 9.17) is 12.2 Å². The van der Waals surface area contributed by atoms with Crippen molar-refractivity contribution in [3.63, 3.8) is 0 Å². The van der Waals surface area contributed by atoms with E-state index in [1.165, 1.54) is 5.39 Å². The van der Waals surface area contributed by atoms with Crippen molar-refractivity contribution in [1.82, 2.24) is 4.98 Å². The van der Waals surface area contributed by atoms with E-state index in [0.717, 1.165) is 10.2 Å². The minimum atomic E-state index is 0. The number of para-hydroxylation sites is 1. The van der Waals surface area contributed by atoms with Crippen molar-refractivity contribution >= 4 is 35.5 Å². The first-order valence-electron chi connectivity index (χ1n) is 3.44. The van der Waals surface area contributed by atoms with Gasteiger partial charge in [0.05, 0.1) is 0 Å². The number of fused-ring (bicyclic) bond motifs is 1. The Morgan fingerprint density at radius 3 is 2.58 bits per heavy atom. The van der Waals surface area contributed by atoms with Crippen molar-refractivity contribution in [3.05, 3.63) is 41.0 Å². The Morgan fingerprint density at radius 2 is 1.75 bits per heavy atom. The third-order valence-corrected chi connectivity index (χ3v) is 1.87. The van der Waals surface area contributed by atoms with Gasteiger partial charge in [-0.05, 0) is 23.6 Å². The highest BCUT2D eigenvalue weighted by molar-refractivity contribution is 7.71. The van der Waals surface area contributed by atoms with Crippen LogP contribution in [-0.4, -0.2) is 4.98 Å². The van der Waals surface area contributed by atoms with E-state index in [-0.39, 0.29) is 12.4 Å². The van der Waals surface area contributed by atoms with Gasteiger partial charge in [-0.3, -0.25) is 0 Å². The number of rotatable bonds is 0. The average Bonchev–Trinajstić information content (AvgIpc) is 2.04. The van der Waals surface area contributed by atoms with Gasteiger partial charge < -0.3 is 4.98 Å². The molecular weight excluding hydrogens is 190 g/mol. The molecule has 0 unspecified atom stereocenters. The molecule has 0 aliphatic rings. The number of aromatic nitrogens is 1. The van der Waals surface area contributed by atoms with Crippen LogP contribution in [0.15, 0.2) is 36.4 Å². The van der Waals surface area contributed by atoms with E-state index in [2.05, 4.69) is 11.1 Å². The summed E-state index contributed by atoms with van der Waals surface area (Å²) >= 11 is 4.98. The molecule has 0 saturated carbocycles. The number of nitrogens with one attached hydrogen (secondary N) is 1. The first kappa shape index (κ1) is 9.23. The fourth-order valence-corrected chi connectivity index (χ4v) is 1.27. The number of benzene rings is 1. The maximum absolute atomic E-state index is 4.98. The SMILES string of the molecule is Cl.S=c1ccc2ccccc2[nH]1. The maximum Gasteiger partial charge on any atom is 0.103 e. The van der Waals surface area contributed by atoms with Crippen molar-refractivity contribution in [3.8, 4) is 0 Å². The highest BCUT2D eigenvalue weighted by Gasteiger charge is 1.87. The molecule has 1 nitrogen and oxygen atoms in total. The summed E-state index contributed by atoms with van der Waals surface area (Å²) in [5.74, 6) is 0. The van der Waals surface area contributed by atoms with Crippen LogP contribution in [0, 0.1) is 4.64 Å². The van der Waals surface area contributed by atoms with Gasteiger partial charge in [0.2, 0.25) is 0 Å². The minimum absolute atomic E-state index is 0. The monoisotopic (exact) mass is 197 g/mol. The van der Waals surface area contributed by atoms with Crippen molar-refractivity contribution in [2.24, 2.45) is 0 Å². The average molecular weight is 198 g/mol. The largest absolute Gasteiger partial charge is 0.346 e. The van der Waals surface area contributed by atoms with Gasteiger partial charge >= 0.3 is 0 Å². The van der Waals surface area contributed by atoms with E-state index in [1.54, 1.807) is 0 Å². The Labute approximate surface area is 81.8 Å². The molecule has 0 spiro atoms. The zero-order valence-corrected chi connectivity index (χ0v) is 7.91. The summed E-state index contributed by atoms with van der Waals surface area (Å²) in [7, 11) is 0. The van der Waals surface area contributed by atoms with Crippen LogP contribution in [-0.2, 0) is 0 Å². The van der Waals surface area contributed by atoms with E-state index in [0.29, 0.717) is 0 Å². The van der Waals surface area contributed by atoms with Crippen LogP contribution in [0.3, 0.4) is 0 Å². The molecule has 2 aromatic rings. The number of hydrogen-bond donors (Lipinski definition) is 1. The van der Waals surface area contributed by atoms with Gasteiger partial charge in [0, 0.05) is 5.52 Å². The molecule has 0 saturated heterocycles. The van der Waals surface area contributed by atoms with E-state index in [9.17, 15) is 0 Å². The summed E-state index contributed by atoms with van der Waals surface area (Å²) in [6.07, 6.45) is 0. The number of hydrogen-bond acceptors (Lipinski definition) is 1. The molecule has 0 bridgehead atoms. The normalized spacial score (nSPS) is 9.33. The van der Waals surface area contributed by atoms with Crippen LogP contribution in [0.25, 0.3) is 10.9 Å². The fraction of sp³-hybridized carbons (Fsp3) is 0. The van der Waals surface area contributed by atoms with Gasteiger partial charge in [0.1, 0.15) is 4.64 Å². The summed E-state index contributed by atoms with van der Waals surface area (Å²) in [5.41, 5.74) is 1.10. The van der Waals surface area contributed by atoms with Gasteiger partial charge in [-0.2, -0.15) is 0 Å². The number of halogens is 1. The van der Waals surface area contributed by atoms with Gasteiger partial charge in [-0.25, -0.2) is 0 Å². The van der Waals surface area contributed by atoms with Crippen molar-refractivity contribution in [2.75, 3.05) is 0 Å². The Morgan fingerprint density at radius 1 is 1.00 bits per heavy atom. The summed E-state index contributed by atoms with van der Waals surface area (Å²) in [6, 6.07) is 12.0. The lowest BCUT2D eigenvalue weighted by Gasteiger charge is -1.94. The second-order valence-electron chi connectivity index (χ2n) is 2.41. The van der Waals surface area contributed by atoms with Crippen molar-refractivity contribution < 1.29 is 0 Å². The maximum atomic E-state index is 4.98. The van der Waals surface area contributed by atoms with Crippen LogP contribution in [0.5, 0.6) is 0 Å². The predicted octanol–water partition coefficient (Wildman–Crippen LogP) is 3.32. The van der Waals surface area contributed by atoms with Gasteiger partial charge in [-0.15, -0.1) is 12.4 Å². The molecule has 2 rings (SSSR count). The van der Waals surface area contributed by atoms with Crippen molar-refractivity contribution in [2.45, 2.75) is 0 Å². The predicted molar refractivity (Wildman–Crippen MR) is 56.4 cm³/mol. The summed E-state index contributed by atoms with van der Waals surface area (Å²) < 4.78 is 0.781. The van der Waals surface area contributed by atoms with Gasteiger partial charge in [0.25, 0.3) is 0 Å². The molecule has 0 fully saturated rings. The molecule has 12 heavy (non-hydrogen) atoms. The van der Waals surface area contributed by atoms with Crippen molar-refractivity contribution in [1.29, 1.82) is 0 Å². The molecule has 0 aliphatic carbocycles. The topological polar surface area (TPSA) is 15.8 Å². The molecule has 1 N–H and O–H groups in total. The third kappa shape index (κ3) is 1.65. The molecule has 3 heteroatoms. The first-order valence-corrected chi connectivity index (χ1v) is 3.85. The smallest absolute Gasteiger partial charge is 0.103 e. The quantitative estimate of drug-likeness (QED) is 0.641. The summed E-state index contributed by atoms with van der Waals surface area (Å²) in [4.78, 5) is 3.10. The third-order valence-electron chi connectivity index (χ3n) is 1.63. The van der Waals surface area contributed by atoms with Gasteiger partial charge in [0.15, 0.2) is 0 Å². The minimum Gasteiger partial charge on any atom is -0.346 e. The lowest BCUT2D eigenvalue weighted by molar-refractivity contribution is 1.38. The van der Waals surface area contributed by atoms with Crippen LogP contribution in [0.4, 0.5) is 0 Å². The van der Waals surface area contributed by atoms with Crippen LogP contribution in [0.1, 0.15) is 0 Å². The van der Waals surface area contributed by atoms with Crippen LogP contribution >= 0.6 is 24.6 Å². The Balaban J connectivity index is 0.000000720. The van der Waals surface area contributed by atoms with E-state index < -0.39 is 0 Å².